The molecule has 0 unspecified atom stereocenters. The summed E-state index contributed by atoms with van der Waals surface area (Å²) in [5.74, 6) is 0.00331. The fraction of sp³-hybridized carbons (Fsp3) is 0.333. The SMILES string of the molecule is C=C(C)COc1ccc([N+](=O)OC)c(C(F)(F)F)c1. The molecule has 0 saturated heterocycles. The lowest BCUT2D eigenvalue weighted by Crippen LogP contribution is -2.11. The average Bonchev–Trinajstić information content (AvgIpc) is 2.34. The van der Waals surface area contributed by atoms with Gasteiger partial charge in [0.05, 0.1) is 4.91 Å². The molecule has 0 fully saturated rings. The summed E-state index contributed by atoms with van der Waals surface area (Å²) in [6, 6.07) is 3.01. The molecule has 0 aromatic heterocycles. The molecule has 19 heavy (non-hydrogen) atoms. The molecule has 0 spiro atoms. The van der Waals surface area contributed by atoms with Crippen molar-refractivity contribution in [1.29, 1.82) is 0 Å². The van der Waals surface area contributed by atoms with Crippen LogP contribution in [0.25, 0.3) is 0 Å². The Hall–Kier alpha value is -2.05. The molecule has 0 aliphatic carbocycles. The third-order valence-electron chi connectivity index (χ3n) is 2.12. The number of benzene rings is 1. The van der Waals surface area contributed by atoms with Gasteiger partial charge in [0.15, 0.2) is 7.11 Å². The van der Waals surface area contributed by atoms with Crippen molar-refractivity contribution in [2.75, 3.05) is 13.7 Å². The summed E-state index contributed by atoms with van der Waals surface area (Å²) in [7, 11) is 0.985. The molecule has 7 heteroatoms. The van der Waals surface area contributed by atoms with E-state index in [1.165, 1.54) is 6.07 Å². The number of hydrogen-bond acceptors (Lipinski definition) is 3. The van der Waals surface area contributed by atoms with Gasteiger partial charge >= 0.3 is 11.9 Å². The zero-order valence-electron chi connectivity index (χ0n) is 10.5. The smallest absolute Gasteiger partial charge is 0.423 e. The number of rotatable bonds is 5. The van der Waals surface area contributed by atoms with Gasteiger partial charge in [0.25, 0.3) is 4.92 Å². The van der Waals surface area contributed by atoms with E-state index < -0.39 is 17.4 Å². The normalized spacial score (nSPS) is 11.0. The first-order chi connectivity index (χ1) is 8.75. The van der Waals surface area contributed by atoms with Gasteiger partial charge in [-0.15, -0.1) is 0 Å². The standard InChI is InChI=1S/C12H13F3NO3/c1-8(2)7-19-9-4-5-11(16(17)18-3)10(6-9)12(13,14)15/h4-6H,1,7H2,2-3H3/q+1. The second-order valence-electron chi connectivity index (χ2n) is 3.86. The van der Waals surface area contributed by atoms with Gasteiger partial charge in [0.1, 0.15) is 17.9 Å². The van der Waals surface area contributed by atoms with Crippen LogP contribution in [0.15, 0.2) is 30.4 Å². The Kier molecular flexibility index (Phi) is 4.52. The summed E-state index contributed by atoms with van der Waals surface area (Å²) in [5.41, 5.74) is -1.08. The summed E-state index contributed by atoms with van der Waals surface area (Å²) in [4.78, 5) is 15.2. The highest BCUT2D eigenvalue weighted by atomic mass is 19.4. The summed E-state index contributed by atoms with van der Waals surface area (Å²) in [6.45, 7) is 5.36. The highest BCUT2D eigenvalue weighted by Gasteiger charge is 2.40. The molecule has 4 nitrogen and oxygen atoms in total. The predicted octanol–water partition coefficient (Wildman–Crippen LogP) is 3.63. The summed E-state index contributed by atoms with van der Waals surface area (Å²) in [6.07, 6.45) is -4.68. The van der Waals surface area contributed by atoms with E-state index in [2.05, 4.69) is 11.4 Å². The molecule has 1 rings (SSSR count). The second-order valence-corrected chi connectivity index (χ2v) is 3.86. The van der Waals surface area contributed by atoms with Crippen molar-refractivity contribution in [1.82, 2.24) is 0 Å². The van der Waals surface area contributed by atoms with Crippen molar-refractivity contribution in [3.8, 4) is 5.75 Å². The minimum Gasteiger partial charge on any atom is -0.489 e. The molecule has 0 atom stereocenters. The van der Waals surface area contributed by atoms with Crippen LogP contribution in [0.5, 0.6) is 5.75 Å². The van der Waals surface area contributed by atoms with Crippen LogP contribution >= 0.6 is 0 Å². The molecular formula is C12H13F3NO3+. The Balaban J connectivity index is 3.16. The molecule has 0 aliphatic heterocycles. The Bertz CT molecular complexity index is 497. The van der Waals surface area contributed by atoms with Crippen molar-refractivity contribution >= 4 is 5.69 Å². The molecule has 1 aromatic carbocycles. The molecule has 0 bridgehead atoms. The zero-order chi connectivity index (χ0) is 14.6. The molecule has 0 saturated carbocycles. The molecule has 104 valence electrons. The minimum absolute atomic E-state index is 0.00331. The van der Waals surface area contributed by atoms with Crippen LogP contribution in [-0.2, 0) is 11.0 Å². The number of ether oxygens (including phenoxy) is 1. The van der Waals surface area contributed by atoms with Crippen LogP contribution in [0.4, 0.5) is 18.9 Å². The highest BCUT2D eigenvalue weighted by Crippen LogP contribution is 2.38. The van der Waals surface area contributed by atoms with E-state index in [1.54, 1.807) is 6.92 Å². The number of alkyl halides is 3. The van der Waals surface area contributed by atoms with E-state index in [-0.39, 0.29) is 17.3 Å². The Labute approximate surface area is 108 Å². The van der Waals surface area contributed by atoms with Gasteiger partial charge in [-0.1, -0.05) is 6.58 Å². The largest absolute Gasteiger partial charge is 0.489 e. The number of nitrogens with zero attached hydrogens (tertiary/aromatic N) is 1. The van der Waals surface area contributed by atoms with Gasteiger partial charge in [0.2, 0.25) is 0 Å². The van der Waals surface area contributed by atoms with Gasteiger partial charge in [-0.2, -0.15) is 13.2 Å². The van der Waals surface area contributed by atoms with Crippen LogP contribution in [0.1, 0.15) is 12.5 Å². The maximum absolute atomic E-state index is 12.8. The molecular weight excluding hydrogens is 263 g/mol. The van der Waals surface area contributed by atoms with Crippen LogP contribution in [0.3, 0.4) is 0 Å². The summed E-state index contributed by atoms with van der Waals surface area (Å²) in [5, 5.41) is 0. The van der Waals surface area contributed by atoms with Crippen LogP contribution in [-0.4, -0.2) is 18.6 Å². The van der Waals surface area contributed by atoms with E-state index in [1.807, 2.05) is 0 Å². The van der Waals surface area contributed by atoms with Crippen LogP contribution in [0.2, 0.25) is 0 Å². The summed E-state index contributed by atoms with van der Waals surface area (Å²) >= 11 is 0. The zero-order valence-corrected chi connectivity index (χ0v) is 10.5. The lowest BCUT2D eigenvalue weighted by molar-refractivity contribution is -0.737. The average molecular weight is 276 g/mol. The third-order valence-corrected chi connectivity index (χ3v) is 2.12. The van der Waals surface area contributed by atoms with Gasteiger partial charge < -0.3 is 4.74 Å². The number of hydrogen-bond donors (Lipinski definition) is 0. The predicted molar refractivity (Wildman–Crippen MR) is 62.0 cm³/mol. The van der Waals surface area contributed by atoms with Crippen LogP contribution in [0, 0.1) is 4.91 Å². The van der Waals surface area contributed by atoms with E-state index in [4.69, 9.17) is 4.74 Å². The van der Waals surface area contributed by atoms with Gasteiger partial charge in [-0.25, -0.2) is 4.84 Å². The molecule has 0 aliphatic rings. The number of halogens is 3. The van der Waals surface area contributed by atoms with Crippen LogP contribution < -0.4 is 4.74 Å². The van der Waals surface area contributed by atoms with Crippen molar-refractivity contribution in [2.45, 2.75) is 13.1 Å². The maximum Gasteiger partial charge on any atom is 0.423 e. The first kappa shape index (κ1) is 15.0. The highest BCUT2D eigenvalue weighted by molar-refractivity contribution is 5.46. The molecule has 0 amide bonds. The van der Waals surface area contributed by atoms with Crippen molar-refractivity contribution in [3.63, 3.8) is 0 Å². The van der Waals surface area contributed by atoms with Crippen molar-refractivity contribution in [2.24, 2.45) is 0 Å². The third kappa shape index (κ3) is 3.97. The Morgan fingerprint density at radius 2 is 2.05 bits per heavy atom. The van der Waals surface area contributed by atoms with E-state index in [9.17, 15) is 18.1 Å². The van der Waals surface area contributed by atoms with Crippen molar-refractivity contribution in [3.05, 3.63) is 40.8 Å². The molecule has 0 N–H and O–H groups in total. The minimum atomic E-state index is -4.68. The van der Waals surface area contributed by atoms with Crippen molar-refractivity contribution < 1.29 is 27.7 Å². The quantitative estimate of drug-likeness (QED) is 0.609. The molecule has 0 heterocycles. The summed E-state index contributed by atoms with van der Waals surface area (Å²) < 4.78 is 43.6. The Morgan fingerprint density at radius 3 is 2.53 bits per heavy atom. The molecule has 0 radical (unpaired) electrons. The topological polar surface area (TPSA) is 38.5 Å². The fourth-order valence-electron chi connectivity index (χ4n) is 1.30. The second kappa shape index (κ2) is 5.73. The maximum atomic E-state index is 12.8. The lowest BCUT2D eigenvalue weighted by atomic mass is 10.1. The lowest BCUT2D eigenvalue weighted by Gasteiger charge is -2.10. The van der Waals surface area contributed by atoms with Gasteiger partial charge in [0, 0.05) is 6.07 Å². The first-order valence-electron chi connectivity index (χ1n) is 5.25. The molecule has 1 aromatic rings. The Morgan fingerprint density at radius 1 is 1.42 bits per heavy atom. The van der Waals surface area contributed by atoms with E-state index >= 15 is 0 Å². The van der Waals surface area contributed by atoms with Gasteiger partial charge in [-0.3, -0.25) is 0 Å². The fourth-order valence-corrected chi connectivity index (χ4v) is 1.30. The van der Waals surface area contributed by atoms with E-state index in [0.717, 1.165) is 19.2 Å². The first-order valence-corrected chi connectivity index (χ1v) is 5.25. The van der Waals surface area contributed by atoms with Gasteiger partial charge in [-0.05, 0) is 24.6 Å². The van der Waals surface area contributed by atoms with E-state index in [0.29, 0.717) is 5.57 Å². The monoisotopic (exact) mass is 276 g/mol.